The standard InChI is InChI=1S/C13H22N2O3/c14-12(18)10(8-16)15-9-13(7-11(15)17)5-3-1-2-4-6-13/h10,16H,1-9H2,(H2,14,18)/t10-/m0/s1. The second-order valence-corrected chi connectivity index (χ2v) is 5.71. The first-order valence-electron chi connectivity index (χ1n) is 6.78. The zero-order valence-corrected chi connectivity index (χ0v) is 10.7. The van der Waals surface area contributed by atoms with Crippen LogP contribution in [0.4, 0.5) is 0 Å². The van der Waals surface area contributed by atoms with E-state index in [-0.39, 0.29) is 17.9 Å². The van der Waals surface area contributed by atoms with Crippen LogP contribution in [0.25, 0.3) is 0 Å². The summed E-state index contributed by atoms with van der Waals surface area (Å²) in [4.78, 5) is 24.8. The van der Waals surface area contributed by atoms with Gasteiger partial charge in [0, 0.05) is 13.0 Å². The first-order chi connectivity index (χ1) is 8.58. The average molecular weight is 254 g/mol. The molecule has 1 heterocycles. The molecule has 2 aliphatic rings. The summed E-state index contributed by atoms with van der Waals surface area (Å²) in [6.07, 6.45) is 7.38. The maximum absolute atomic E-state index is 12.1. The highest BCUT2D eigenvalue weighted by Gasteiger charge is 2.45. The number of amides is 2. The lowest BCUT2D eigenvalue weighted by Gasteiger charge is -2.29. The average Bonchev–Trinajstić information content (AvgIpc) is 2.50. The van der Waals surface area contributed by atoms with Crippen molar-refractivity contribution in [2.75, 3.05) is 13.2 Å². The van der Waals surface area contributed by atoms with Crippen molar-refractivity contribution in [3.63, 3.8) is 0 Å². The topological polar surface area (TPSA) is 83.6 Å². The Morgan fingerprint density at radius 3 is 2.44 bits per heavy atom. The van der Waals surface area contributed by atoms with Gasteiger partial charge in [0.25, 0.3) is 0 Å². The highest BCUT2D eigenvalue weighted by atomic mass is 16.3. The normalized spacial score (nSPS) is 25.2. The third kappa shape index (κ3) is 2.51. The van der Waals surface area contributed by atoms with E-state index in [1.165, 1.54) is 17.7 Å². The predicted molar refractivity (Wildman–Crippen MR) is 66.5 cm³/mol. The number of carbonyl (C=O) groups is 2. The number of nitrogens with zero attached hydrogens (tertiary/aromatic N) is 1. The van der Waals surface area contributed by atoms with Crippen molar-refractivity contribution in [3.05, 3.63) is 0 Å². The summed E-state index contributed by atoms with van der Waals surface area (Å²) >= 11 is 0. The van der Waals surface area contributed by atoms with Crippen LogP contribution in [0.15, 0.2) is 0 Å². The molecule has 1 aliphatic heterocycles. The van der Waals surface area contributed by atoms with Crippen molar-refractivity contribution in [3.8, 4) is 0 Å². The Morgan fingerprint density at radius 2 is 1.94 bits per heavy atom. The Bertz CT molecular complexity index is 335. The number of rotatable bonds is 3. The summed E-state index contributed by atoms with van der Waals surface area (Å²) in [7, 11) is 0. The summed E-state index contributed by atoms with van der Waals surface area (Å²) < 4.78 is 0. The molecule has 1 atom stereocenters. The predicted octanol–water partition coefficient (Wildman–Crippen LogP) is 0.405. The van der Waals surface area contributed by atoms with E-state index in [1.807, 2.05) is 0 Å². The fourth-order valence-electron chi connectivity index (χ4n) is 3.37. The highest BCUT2D eigenvalue weighted by molar-refractivity contribution is 5.88. The van der Waals surface area contributed by atoms with Gasteiger partial charge in [-0.3, -0.25) is 9.59 Å². The van der Waals surface area contributed by atoms with Gasteiger partial charge in [-0.1, -0.05) is 25.7 Å². The molecule has 2 rings (SSSR count). The van der Waals surface area contributed by atoms with Crippen LogP contribution in [-0.4, -0.2) is 41.0 Å². The van der Waals surface area contributed by atoms with Gasteiger partial charge in [-0.25, -0.2) is 0 Å². The Hall–Kier alpha value is -1.10. The molecule has 0 unspecified atom stereocenters. The second kappa shape index (κ2) is 5.26. The SMILES string of the molecule is NC(=O)[C@H](CO)N1CC2(CCCCCC2)CC1=O. The van der Waals surface area contributed by atoms with Gasteiger partial charge in [-0.05, 0) is 18.3 Å². The van der Waals surface area contributed by atoms with Gasteiger partial charge in [0.15, 0.2) is 0 Å². The number of hydrogen-bond acceptors (Lipinski definition) is 3. The van der Waals surface area contributed by atoms with Crippen molar-refractivity contribution in [2.45, 2.75) is 51.0 Å². The molecule has 2 amide bonds. The molecule has 102 valence electrons. The van der Waals surface area contributed by atoms with Crippen LogP contribution in [0.3, 0.4) is 0 Å². The number of hydrogen-bond donors (Lipinski definition) is 2. The largest absolute Gasteiger partial charge is 0.394 e. The lowest BCUT2D eigenvalue weighted by molar-refractivity contribution is -0.137. The van der Waals surface area contributed by atoms with Gasteiger partial charge in [-0.15, -0.1) is 0 Å². The number of aliphatic hydroxyl groups excluding tert-OH is 1. The van der Waals surface area contributed by atoms with Crippen LogP contribution in [0, 0.1) is 5.41 Å². The highest BCUT2D eigenvalue weighted by Crippen LogP contribution is 2.43. The summed E-state index contributed by atoms with van der Waals surface area (Å²) in [6.45, 7) is 0.206. The molecule has 3 N–H and O–H groups in total. The molecule has 5 heteroatoms. The minimum atomic E-state index is -0.847. The summed E-state index contributed by atoms with van der Waals surface area (Å²) in [5.41, 5.74) is 5.27. The summed E-state index contributed by atoms with van der Waals surface area (Å²) in [5, 5.41) is 9.22. The summed E-state index contributed by atoms with van der Waals surface area (Å²) in [6, 6.07) is -0.847. The maximum Gasteiger partial charge on any atom is 0.242 e. The molecule has 1 saturated heterocycles. The van der Waals surface area contributed by atoms with Crippen LogP contribution in [-0.2, 0) is 9.59 Å². The van der Waals surface area contributed by atoms with E-state index in [2.05, 4.69) is 0 Å². The van der Waals surface area contributed by atoms with Crippen LogP contribution >= 0.6 is 0 Å². The Labute approximate surface area is 107 Å². The van der Waals surface area contributed by atoms with Crippen molar-refractivity contribution >= 4 is 11.8 Å². The molecule has 0 aromatic carbocycles. The van der Waals surface area contributed by atoms with Gasteiger partial charge >= 0.3 is 0 Å². The molecule has 2 fully saturated rings. The van der Waals surface area contributed by atoms with E-state index in [4.69, 9.17) is 5.73 Å². The van der Waals surface area contributed by atoms with E-state index in [9.17, 15) is 14.7 Å². The first-order valence-corrected chi connectivity index (χ1v) is 6.78. The number of primary amides is 1. The Balaban J connectivity index is 2.11. The fourth-order valence-corrected chi connectivity index (χ4v) is 3.37. The van der Waals surface area contributed by atoms with Crippen molar-refractivity contribution in [2.24, 2.45) is 11.1 Å². The smallest absolute Gasteiger partial charge is 0.242 e. The third-order valence-corrected chi connectivity index (χ3v) is 4.39. The Kier molecular flexibility index (Phi) is 3.90. The third-order valence-electron chi connectivity index (χ3n) is 4.39. The van der Waals surface area contributed by atoms with Crippen LogP contribution in [0.5, 0.6) is 0 Å². The van der Waals surface area contributed by atoms with Crippen molar-refractivity contribution < 1.29 is 14.7 Å². The first kappa shape index (κ1) is 13.3. The minimum Gasteiger partial charge on any atom is -0.394 e. The number of carbonyl (C=O) groups excluding carboxylic acids is 2. The molecule has 0 radical (unpaired) electrons. The molecule has 1 saturated carbocycles. The molecule has 0 bridgehead atoms. The van der Waals surface area contributed by atoms with E-state index in [1.54, 1.807) is 0 Å². The molecule has 0 aromatic heterocycles. The van der Waals surface area contributed by atoms with Gasteiger partial charge in [-0.2, -0.15) is 0 Å². The molecule has 18 heavy (non-hydrogen) atoms. The second-order valence-electron chi connectivity index (χ2n) is 5.71. The van der Waals surface area contributed by atoms with Gasteiger partial charge < -0.3 is 15.7 Å². The zero-order valence-electron chi connectivity index (χ0n) is 10.7. The van der Waals surface area contributed by atoms with Gasteiger partial charge in [0.1, 0.15) is 6.04 Å². The number of nitrogens with two attached hydrogens (primary N) is 1. The maximum atomic E-state index is 12.1. The van der Waals surface area contributed by atoms with Gasteiger partial charge in [0.05, 0.1) is 6.61 Å². The van der Waals surface area contributed by atoms with E-state index < -0.39 is 11.9 Å². The quantitative estimate of drug-likeness (QED) is 0.765. The van der Waals surface area contributed by atoms with Gasteiger partial charge in [0.2, 0.25) is 11.8 Å². The minimum absolute atomic E-state index is 0.0243. The molecular formula is C13H22N2O3. The van der Waals surface area contributed by atoms with Crippen molar-refractivity contribution in [1.82, 2.24) is 4.90 Å². The molecule has 5 nitrogen and oxygen atoms in total. The van der Waals surface area contributed by atoms with E-state index in [0.29, 0.717) is 13.0 Å². The molecule has 1 spiro atoms. The fraction of sp³-hybridized carbons (Fsp3) is 0.846. The molecular weight excluding hydrogens is 232 g/mol. The van der Waals surface area contributed by atoms with E-state index in [0.717, 1.165) is 25.7 Å². The van der Waals surface area contributed by atoms with Crippen LogP contribution in [0.2, 0.25) is 0 Å². The van der Waals surface area contributed by atoms with E-state index >= 15 is 0 Å². The Morgan fingerprint density at radius 1 is 1.33 bits per heavy atom. The number of aliphatic hydroxyl groups is 1. The lowest BCUT2D eigenvalue weighted by atomic mass is 9.79. The zero-order chi connectivity index (χ0) is 13.2. The van der Waals surface area contributed by atoms with Crippen molar-refractivity contribution in [1.29, 1.82) is 0 Å². The van der Waals surface area contributed by atoms with Crippen LogP contribution < -0.4 is 5.73 Å². The lowest BCUT2D eigenvalue weighted by Crippen LogP contribution is -2.48. The monoisotopic (exact) mass is 254 g/mol. The molecule has 1 aliphatic carbocycles. The summed E-state index contributed by atoms with van der Waals surface area (Å²) in [5.74, 6) is -0.647. The molecule has 0 aromatic rings. The number of likely N-dealkylation sites (tertiary alicyclic amines) is 1. The van der Waals surface area contributed by atoms with Crippen LogP contribution in [0.1, 0.15) is 44.9 Å².